The van der Waals surface area contributed by atoms with E-state index in [2.05, 4.69) is 26.8 Å². The Hall–Kier alpha value is -1.02. The molecule has 0 aliphatic rings. The van der Waals surface area contributed by atoms with Crippen LogP contribution in [0.2, 0.25) is 0 Å². The Kier molecular flexibility index (Phi) is 4.15. The van der Waals surface area contributed by atoms with Crippen molar-refractivity contribution < 1.29 is 4.74 Å². The highest BCUT2D eigenvalue weighted by Crippen LogP contribution is 2.22. The minimum atomic E-state index is 0.0860. The first-order chi connectivity index (χ1) is 7.00. The maximum atomic E-state index is 5.81. The minimum Gasteiger partial charge on any atom is -0.493 e. The maximum absolute atomic E-state index is 5.81. The summed E-state index contributed by atoms with van der Waals surface area (Å²) in [5.41, 5.74) is 8.13. The molecule has 1 aromatic rings. The molecule has 2 heteroatoms. The molecular formula is C13H21NO. The van der Waals surface area contributed by atoms with Crippen LogP contribution in [-0.2, 0) is 0 Å². The Labute approximate surface area is 92.4 Å². The van der Waals surface area contributed by atoms with Crippen LogP contribution in [-0.4, -0.2) is 6.61 Å². The summed E-state index contributed by atoms with van der Waals surface area (Å²) in [5, 5.41) is 0. The molecule has 0 saturated heterocycles. The third-order valence-corrected chi connectivity index (χ3v) is 2.30. The van der Waals surface area contributed by atoms with Crippen LogP contribution in [0.25, 0.3) is 0 Å². The standard InChI is InChI=1S/C13H21NO/c1-9(2)8-15-13-6-5-12(11(4)14)7-10(13)3/h5-7,9,11H,8,14H2,1-4H3/t11-/m1/s1. The van der Waals surface area contributed by atoms with Crippen LogP contribution >= 0.6 is 0 Å². The summed E-state index contributed by atoms with van der Waals surface area (Å²) in [5.74, 6) is 1.52. The van der Waals surface area contributed by atoms with E-state index in [1.54, 1.807) is 0 Å². The fraction of sp³-hybridized carbons (Fsp3) is 0.538. The van der Waals surface area contributed by atoms with Crippen LogP contribution in [0, 0.1) is 12.8 Å². The molecule has 0 aliphatic carbocycles. The highest BCUT2D eigenvalue weighted by atomic mass is 16.5. The van der Waals surface area contributed by atoms with Crippen LogP contribution < -0.4 is 10.5 Å². The lowest BCUT2D eigenvalue weighted by molar-refractivity contribution is 0.269. The molecule has 0 bridgehead atoms. The van der Waals surface area contributed by atoms with Gasteiger partial charge in [0, 0.05) is 6.04 Å². The molecule has 2 N–H and O–H groups in total. The van der Waals surface area contributed by atoms with Gasteiger partial charge in [0.25, 0.3) is 0 Å². The van der Waals surface area contributed by atoms with Crippen molar-refractivity contribution in [2.45, 2.75) is 33.7 Å². The van der Waals surface area contributed by atoms with E-state index in [-0.39, 0.29) is 6.04 Å². The van der Waals surface area contributed by atoms with E-state index < -0.39 is 0 Å². The van der Waals surface area contributed by atoms with Crippen molar-refractivity contribution >= 4 is 0 Å². The van der Waals surface area contributed by atoms with E-state index >= 15 is 0 Å². The first-order valence-corrected chi connectivity index (χ1v) is 5.49. The molecule has 0 aliphatic heterocycles. The van der Waals surface area contributed by atoms with E-state index in [1.165, 1.54) is 0 Å². The number of benzene rings is 1. The Balaban J connectivity index is 2.75. The number of aryl methyl sites for hydroxylation is 1. The Morgan fingerprint density at radius 2 is 1.93 bits per heavy atom. The molecule has 2 nitrogen and oxygen atoms in total. The largest absolute Gasteiger partial charge is 0.493 e. The van der Waals surface area contributed by atoms with Crippen LogP contribution in [0.3, 0.4) is 0 Å². The predicted octanol–water partition coefficient (Wildman–Crippen LogP) is 3.05. The van der Waals surface area contributed by atoms with Gasteiger partial charge in [-0.05, 0) is 37.0 Å². The normalized spacial score (nSPS) is 12.9. The zero-order valence-electron chi connectivity index (χ0n) is 10.1. The Morgan fingerprint density at radius 1 is 1.27 bits per heavy atom. The summed E-state index contributed by atoms with van der Waals surface area (Å²) in [6.07, 6.45) is 0. The predicted molar refractivity (Wildman–Crippen MR) is 64.1 cm³/mol. The van der Waals surface area contributed by atoms with Crippen molar-refractivity contribution in [3.05, 3.63) is 29.3 Å². The van der Waals surface area contributed by atoms with Gasteiger partial charge in [-0.2, -0.15) is 0 Å². The molecule has 0 radical (unpaired) electrons. The van der Waals surface area contributed by atoms with Gasteiger partial charge in [0.1, 0.15) is 5.75 Å². The van der Waals surface area contributed by atoms with Gasteiger partial charge in [0.2, 0.25) is 0 Å². The molecule has 1 atom stereocenters. The average molecular weight is 207 g/mol. The van der Waals surface area contributed by atoms with Crippen molar-refractivity contribution in [3.8, 4) is 5.75 Å². The van der Waals surface area contributed by atoms with Crippen LogP contribution in [0.4, 0.5) is 0 Å². The number of ether oxygens (including phenoxy) is 1. The quantitative estimate of drug-likeness (QED) is 0.823. The third-order valence-electron chi connectivity index (χ3n) is 2.30. The first-order valence-electron chi connectivity index (χ1n) is 5.49. The number of nitrogens with two attached hydrogens (primary N) is 1. The fourth-order valence-corrected chi connectivity index (χ4v) is 1.37. The Bertz CT molecular complexity index is 318. The second-order valence-corrected chi connectivity index (χ2v) is 4.52. The van der Waals surface area contributed by atoms with E-state index in [1.807, 2.05) is 19.1 Å². The lowest BCUT2D eigenvalue weighted by Gasteiger charge is -2.13. The van der Waals surface area contributed by atoms with Gasteiger partial charge >= 0.3 is 0 Å². The highest BCUT2D eigenvalue weighted by Gasteiger charge is 2.04. The maximum Gasteiger partial charge on any atom is 0.122 e. The topological polar surface area (TPSA) is 35.2 Å². The monoisotopic (exact) mass is 207 g/mol. The zero-order valence-corrected chi connectivity index (χ0v) is 10.1. The molecule has 0 fully saturated rings. The molecule has 0 aromatic heterocycles. The molecule has 1 aromatic carbocycles. The molecule has 0 unspecified atom stereocenters. The third kappa shape index (κ3) is 3.56. The van der Waals surface area contributed by atoms with E-state index in [4.69, 9.17) is 10.5 Å². The lowest BCUT2D eigenvalue weighted by atomic mass is 10.1. The van der Waals surface area contributed by atoms with Crippen LogP contribution in [0.15, 0.2) is 18.2 Å². The summed E-state index contributed by atoms with van der Waals surface area (Å²) < 4.78 is 5.69. The summed E-state index contributed by atoms with van der Waals surface area (Å²) in [7, 11) is 0. The number of rotatable bonds is 4. The summed E-state index contributed by atoms with van der Waals surface area (Å²) >= 11 is 0. The summed E-state index contributed by atoms with van der Waals surface area (Å²) in [6, 6.07) is 6.23. The summed E-state index contributed by atoms with van der Waals surface area (Å²) in [4.78, 5) is 0. The molecule has 0 heterocycles. The highest BCUT2D eigenvalue weighted by molar-refractivity contribution is 5.37. The second-order valence-electron chi connectivity index (χ2n) is 4.52. The molecular weight excluding hydrogens is 186 g/mol. The van der Waals surface area contributed by atoms with E-state index in [0.717, 1.165) is 23.5 Å². The minimum absolute atomic E-state index is 0.0860. The zero-order chi connectivity index (χ0) is 11.4. The second kappa shape index (κ2) is 5.17. The smallest absolute Gasteiger partial charge is 0.122 e. The first kappa shape index (κ1) is 12.1. The van der Waals surface area contributed by atoms with Gasteiger partial charge in [-0.25, -0.2) is 0 Å². The van der Waals surface area contributed by atoms with Crippen LogP contribution in [0.5, 0.6) is 5.75 Å². The SMILES string of the molecule is Cc1cc([C@@H](C)N)ccc1OCC(C)C. The van der Waals surface area contributed by atoms with Gasteiger partial charge in [-0.15, -0.1) is 0 Å². The Morgan fingerprint density at radius 3 is 2.40 bits per heavy atom. The van der Waals surface area contributed by atoms with Gasteiger partial charge in [0.15, 0.2) is 0 Å². The lowest BCUT2D eigenvalue weighted by Crippen LogP contribution is -2.07. The summed E-state index contributed by atoms with van der Waals surface area (Å²) in [6.45, 7) is 9.10. The number of hydrogen-bond donors (Lipinski definition) is 1. The fourth-order valence-electron chi connectivity index (χ4n) is 1.37. The molecule has 0 spiro atoms. The molecule has 84 valence electrons. The van der Waals surface area contributed by atoms with Crippen molar-refractivity contribution in [2.75, 3.05) is 6.61 Å². The van der Waals surface area contributed by atoms with Gasteiger partial charge < -0.3 is 10.5 Å². The molecule has 0 saturated carbocycles. The van der Waals surface area contributed by atoms with E-state index in [0.29, 0.717) is 5.92 Å². The van der Waals surface area contributed by atoms with Crippen molar-refractivity contribution in [2.24, 2.45) is 11.7 Å². The van der Waals surface area contributed by atoms with Crippen molar-refractivity contribution in [3.63, 3.8) is 0 Å². The molecule has 15 heavy (non-hydrogen) atoms. The van der Waals surface area contributed by atoms with Gasteiger partial charge in [-0.1, -0.05) is 26.0 Å². The van der Waals surface area contributed by atoms with Crippen molar-refractivity contribution in [1.29, 1.82) is 0 Å². The average Bonchev–Trinajstić information content (AvgIpc) is 2.15. The molecule has 0 amide bonds. The molecule has 1 rings (SSSR count). The van der Waals surface area contributed by atoms with Gasteiger partial charge in [0.05, 0.1) is 6.61 Å². The van der Waals surface area contributed by atoms with E-state index in [9.17, 15) is 0 Å². The van der Waals surface area contributed by atoms with Gasteiger partial charge in [-0.3, -0.25) is 0 Å². The number of hydrogen-bond acceptors (Lipinski definition) is 2. The van der Waals surface area contributed by atoms with Crippen LogP contribution in [0.1, 0.15) is 37.9 Å². The van der Waals surface area contributed by atoms with Crippen molar-refractivity contribution in [1.82, 2.24) is 0 Å².